The maximum Gasteiger partial charge on any atom is 0.334 e. The molecule has 0 aliphatic rings. The monoisotopic (exact) mass is 438 g/mol. The second-order valence-corrected chi connectivity index (χ2v) is 20.3. The van der Waals surface area contributed by atoms with Crippen molar-refractivity contribution >= 4 is 22.6 Å². The van der Waals surface area contributed by atoms with Crippen molar-refractivity contribution in [3.05, 3.63) is 29.8 Å². The summed E-state index contributed by atoms with van der Waals surface area (Å²) in [5, 5.41) is 0.104. The standard InChI is InChI=1S/C23H42O4Si2/c1-12-25-21(24)20(27-29(10,11)23(5,6)7)17-18-15-13-14-16-19(18)26-28(8,9)22(2,3)4/h13-16,20H,12,17H2,1-11H3. The van der Waals surface area contributed by atoms with Crippen LogP contribution in [-0.4, -0.2) is 35.3 Å². The van der Waals surface area contributed by atoms with E-state index in [-0.39, 0.29) is 16.0 Å². The van der Waals surface area contributed by atoms with Gasteiger partial charge in [-0.05, 0) is 54.8 Å². The fourth-order valence-corrected chi connectivity index (χ4v) is 4.64. The summed E-state index contributed by atoms with van der Waals surface area (Å²) < 4.78 is 18.4. The van der Waals surface area contributed by atoms with E-state index in [0.717, 1.165) is 11.3 Å². The first kappa shape index (κ1) is 25.9. The molecule has 6 heteroatoms. The van der Waals surface area contributed by atoms with Gasteiger partial charge >= 0.3 is 5.97 Å². The lowest BCUT2D eigenvalue weighted by molar-refractivity contribution is -0.152. The van der Waals surface area contributed by atoms with Gasteiger partial charge in [0.05, 0.1) is 6.61 Å². The number of esters is 1. The van der Waals surface area contributed by atoms with Crippen LogP contribution in [0.4, 0.5) is 0 Å². The van der Waals surface area contributed by atoms with Gasteiger partial charge in [0, 0.05) is 6.42 Å². The van der Waals surface area contributed by atoms with Crippen molar-refractivity contribution in [1.82, 2.24) is 0 Å². The van der Waals surface area contributed by atoms with Gasteiger partial charge in [0.25, 0.3) is 0 Å². The van der Waals surface area contributed by atoms with E-state index in [1.165, 1.54) is 0 Å². The minimum Gasteiger partial charge on any atom is -0.543 e. The highest BCUT2D eigenvalue weighted by atomic mass is 28.4. The van der Waals surface area contributed by atoms with E-state index in [9.17, 15) is 4.79 Å². The highest BCUT2D eigenvalue weighted by Gasteiger charge is 2.42. The summed E-state index contributed by atoms with van der Waals surface area (Å²) in [7, 11) is -4.14. The molecule has 0 bridgehead atoms. The Kier molecular flexibility index (Phi) is 8.36. The number of carbonyl (C=O) groups excluding carboxylic acids is 1. The van der Waals surface area contributed by atoms with Crippen LogP contribution in [0.1, 0.15) is 54.0 Å². The third-order valence-electron chi connectivity index (χ3n) is 6.34. The molecule has 0 heterocycles. The molecule has 0 saturated heterocycles. The van der Waals surface area contributed by atoms with Gasteiger partial charge in [0.2, 0.25) is 8.32 Å². The maximum atomic E-state index is 12.8. The topological polar surface area (TPSA) is 44.8 Å². The van der Waals surface area contributed by atoms with Crippen molar-refractivity contribution in [3.8, 4) is 5.75 Å². The van der Waals surface area contributed by atoms with E-state index in [4.69, 9.17) is 13.6 Å². The van der Waals surface area contributed by atoms with Crippen LogP contribution in [-0.2, 0) is 20.4 Å². The third kappa shape index (κ3) is 6.97. The molecule has 0 amide bonds. The van der Waals surface area contributed by atoms with Crippen molar-refractivity contribution < 1.29 is 18.4 Å². The normalized spacial score (nSPS) is 14.4. The number of rotatable bonds is 8. The van der Waals surface area contributed by atoms with Gasteiger partial charge in [-0.3, -0.25) is 0 Å². The van der Waals surface area contributed by atoms with Gasteiger partial charge in [-0.1, -0.05) is 59.7 Å². The van der Waals surface area contributed by atoms with Crippen LogP contribution in [0.3, 0.4) is 0 Å². The first-order chi connectivity index (χ1) is 13.0. The van der Waals surface area contributed by atoms with Crippen molar-refractivity contribution in [1.29, 1.82) is 0 Å². The molecule has 1 aromatic rings. The molecule has 166 valence electrons. The SMILES string of the molecule is CCOC(=O)C(Cc1ccccc1O[Si](C)(C)C(C)(C)C)O[Si](C)(C)C(C)(C)C. The van der Waals surface area contributed by atoms with Gasteiger partial charge in [0.1, 0.15) is 11.9 Å². The fourth-order valence-electron chi connectivity index (χ4n) is 2.34. The van der Waals surface area contributed by atoms with Gasteiger partial charge in [-0.2, -0.15) is 0 Å². The highest BCUT2D eigenvalue weighted by molar-refractivity contribution is 6.75. The lowest BCUT2D eigenvalue weighted by Crippen LogP contribution is -2.47. The van der Waals surface area contributed by atoms with Crippen molar-refractivity contribution in [2.45, 2.75) is 97.3 Å². The van der Waals surface area contributed by atoms with Crippen LogP contribution in [0.25, 0.3) is 0 Å². The summed E-state index contributed by atoms with van der Waals surface area (Å²) in [5.41, 5.74) is 0.995. The lowest BCUT2D eigenvalue weighted by Gasteiger charge is -2.39. The molecular weight excluding hydrogens is 396 g/mol. The maximum absolute atomic E-state index is 12.8. The Morgan fingerprint density at radius 1 is 0.931 bits per heavy atom. The molecule has 29 heavy (non-hydrogen) atoms. The zero-order chi connectivity index (χ0) is 22.7. The molecule has 0 aliphatic heterocycles. The van der Waals surface area contributed by atoms with E-state index >= 15 is 0 Å². The zero-order valence-corrected chi connectivity index (χ0v) is 22.4. The van der Waals surface area contributed by atoms with Crippen LogP contribution in [0, 0.1) is 0 Å². The second-order valence-electron chi connectivity index (χ2n) is 10.8. The quantitative estimate of drug-likeness (QED) is 0.340. The smallest absolute Gasteiger partial charge is 0.334 e. The largest absolute Gasteiger partial charge is 0.543 e. The van der Waals surface area contributed by atoms with Gasteiger partial charge < -0.3 is 13.6 Å². The Morgan fingerprint density at radius 3 is 1.93 bits per heavy atom. The van der Waals surface area contributed by atoms with Gasteiger partial charge in [-0.15, -0.1) is 0 Å². The molecule has 0 radical (unpaired) electrons. The molecule has 1 rings (SSSR count). The van der Waals surface area contributed by atoms with Crippen molar-refractivity contribution in [2.24, 2.45) is 0 Å². The van der Waals surface area contributed by atoms with Gasteiger partial charge in [0.15, 0.2) is 8.32 Å². The average Bonchev–Trinajstić information content (AvgIpc) is 2.53. The Hall–Kier alpha value is -1.12. The number of para-hydroxylation sites is 1. The Labute approximate surface area is 180 Å². The second kappa shape index (κ2) is 9.35. The predicted octanol–water partition coefficient (Wildman–Crippen LogP) is 6.57. The fraction of sp³-hybridized carbons (Fsp3) is 0.696. The Morgan fingerprint density at radius 2 is 1.45 bits per heavy atom. The van der Waals surface area contributed by atoms with Crippen LogP contribution >= 0.6 is 0 Å². The minimum absolute atomic E-state index is 0.00883. The van der Waals surface area contributed by atoms with Crippen LogP contribution in [0.2, 0.25) is 36.3 Å². The Bertz CT molecular complexity index is 685. The summed E-state index contributed by atoms with van der Waals surface area (Å²) in [6, 6.07) is 8.01. The molecule has 1 aromatic carbocycles. The van der Waals surface area contributed by atoms with E-state index in [1.807, 2.05) is 31.2 Å². The molecule has 0 aliphatic carbocycles. The minimum atomic E-state index is -2.14. The third-order valence-corrected chi connectivity index (χ3v) is 15.2. The molecule has 0 aromatic heterocycles. The van der Waals surface area contributed by atoms with Gasteiger partial charge in [-0.25, -0.2) is 4.79 Å². The summed E-state index contributed by atoms with van der Waals surface area (Å²) >= 11 is 0. The highest BCUT2D eigenvalue weighted by Crippen LogP contribution is 2.40. The average molecular weight is 439 g/mol. The molecule has 0 N–H and O–H groups in total. The molecule has 1 unspecified atom stereocenters. The molecule has 0 fully saturated rings. The number of ether oxygens (including phenoxy) is 1. The Balaban J connectivity index is 3.22. The van der Waals surface area contributed by atoms with E-state index < -0.39 is 22.7 Å². The first-order valence-electron chi connectivity index (χ1n) is 10.6. The zero-order valence-electron chi connectivity index (χ0n) is 20.4. The van der Waals surface area contributed by atoms with Crippen LogP contribution < -0.4 is 4.43 Å². The number of benzene rings is 1. The number of carbonyl (C=O) groups is 1. The van der Waals surface area contributed by atoms with E-state index in [2.05, 4.69) is 67.7 Å². The number of hydrogen-bond donors (Lipinski definition) is 0. The number of hydrogen-bond acceptors (Lipinski definition) is 4. The van der Waals surface area contributed by atoms with E-state index in [1.54, 1.807) is 0 Å². The summed E-state index contributed by atoms with van der Waals surface area (Å²) in [6.45, 7) is 24.2. The first-order valence-corrected chi connectivity index (χ1v) is 16.4. The molecule has 0 spiro atoms. The molecule has 4 nitrogen and oxygen atoms in total. The van der Waals surface area contributed by atoms with E-state index in [0.29, 0.717) is 13.0 Å². The summed E-state index contributed by atoms with van der Waals surface area (Å²) in [4.78, 5) is 12.8. The molecular formula is C23H42O4Si2. The van der Waals surface area contributed by atoms with Crippen LogP contribution in [0.15, 0.2) is 24.3 Å². The molecule has 1 atom stereocenters. The van der Waals surface area contributed by atoms with Crippen LogP contribution in [0.5, 0.6) is 5.75 Å². The molecule has 0 saturated carbocycles. The predicted molar refractivity (Wildman–Crippen MR) is 127 cm³/mol. The summed E-state index contributed by atoms with van der Waals surface area (Å²) in [5.74, 6) is 0.562. The van der Waals surface area contributed by atoms with Crippen molar-refractivity contribution in [2.75, 3.05) is 6.61 Å². The summed E-state index contributed by atoms with van der Waals surface area (Å²) in [6.07, 6.45) is -0.170. The lowest BCUT2D eigenvalue weighted by atomic mass is 10.1. The van der Waals surface area contributed by atoms with Crippen molar-refractivity contribution in [3.63, 3.8) is 0 Å².